The van der Waals surface area contributed by atoms with Gasteiger partial charge in [-0.2, -0.15) is 15.0 Å². The standard InChI is InChI=1S/C14H19N5O2/c1-2-3-13(20)10-15-14(21)18-11-4-6-12(7-5-11)19-16-8-9-17-19/h4-9,13,20H,2-3,10H2,1H3,(H2,15,18,21). The Kier molecular flexibility index (Phi) is 5.28. The van der Waals surface area contributed by atoms with Crippen LogP contribution in [0, 0.1) is 0 Å². The van der Waals surface area contributed by atoms with Gasteiger partial charge in [-0.3, -0.25) is 0 Å². The van der Waals surface area contributed by atoms with Crippen LogP contribution >= 0.6 is 0 Å². The second-order valence-corrected chi connectivity index (χ2v) is 4.64. The van der Waals surface area contributed by atoms with Crippen LogP contribution in [-0.2, 0) is 0 Å². The van der Waals surface area contributed by atoms with Crippen molar-refractivity contribution in [1.82, 2.24) is 20.3 Å². The molecule has 1 aromatic carbocycles. The molecule has 7 heteroatoms. The Morgan fingerprint density at radius 3 is 2.57 bits per heavy atom. The summed E-state index contributed by atoms with van der Waals surface area (Å²) in [5, 5.41) is 22.9. The number of carbonyl (C=O) groups excluding carboxylic acids is 1. The maximum Gasteiger partial charge on any atom is 0.319 e. The van der Waals surface area contributed by atoms with Crippen molar-refractivity contribution in [3.8, 4) is 5.69 Å². The quantitative estimate of drug-likeness (QED) is 0.752. The Labute approximate surface area is 123 Å². The van der Waals surface area contributed by atoms with Crippen molar-refractivity contribution >= 4 is 11.7 Å². The number of nitrogens with zero attached hydrogens (tertiary/aromatic N) is 3. The fraction of sp³-hybridized carbons (Fsp3) is 0.357. The molecule has 1 heterocycles. The lowest BCUT2D eigenvalue weighted by atomic mass is 10.2. The Balaban J connectivity index is 1.84. The van der Waals surface area contributed by atoms with Gasteiger partial charge < -0.3 is 15.7 Å². The average molecular weight is 289 g/mol. The first-order chi connectivity index (χ1) is 10.2. The minimum atomic E-state index is -0.506. The maximum atomic E-state index is 11.7. The third kappa shape index (κ3) is 4.57. The van der Waals surface area contributed by atoms with Crippen LogP contribution in [0.5, 0.6) is 0 Å². The predicted octanol–water partition coefficient (Wildman–Crippen LogP) is 1.55. The van der Waals surface area contributed by atoms with E-state index in [0.717, 1.165) is 12.1 Å². The average Bonchev–Trinajstić information content (AvgIpc) is 3.00. The number of hydrogen-bond acceptors (Lipinski definition) is 4. The van der Waals surface area contributed by atoms with Crippen molar-refractivity contribution in [2.75, 3.05) is 11.9 Å². The summed E-state index contributed by atoms with van der Waals surface area (Å²) in [5.41, 5.74) is 1.47. The number of amides is 2. The molecule has 2 amide bonds. The number of urea groups is 1. The Morgan fingerprint density at radius 1 is 1.29 bits per heavy atom. The molecule has 3 N–H and O–H groups in total. The predicted molar refractivity (Wildman–Crippen MR) is 79.3 cm³/mol. The minimum absolute atomic E-state index is 0.245. The third-order valence-electron chi connectivity index (χ3n) is 2.90. The van der Waals surface area contributed by atoms with E-state index in [4.69, 9.17) is 0 Å². The first-order valence-corrected chi connectivity index (χ1v) is 6.88. The molecule has 21 heavy (non-hydrogen) atoms. The van der Waals surface area contributed by atoms with Crippen LogP contribution in [0.15, 0.2) is 36.7 Å². The zero-order valence-corrected chi connectivity index (χ0v) is 11.9. The van der Waals surface area contributed by atoms with Crippen LogP contribution in [0.3, 0.4) is 0 Å². The molecule has 0 aliphatic carbocycles. The molecule has 0 spiro atoms. The second-order valence-electron chi connectivity index (χ2n) is 4.64. The monoisotopic (exact) mass is 289 g/mol. The van der Waals surface area contributed by atoms with E-state index in [9.17, 15) is 9.90 Å². The number of hydrogen-bond donors (Lipinski definition) is 3. The lowest BCUT2D eigenvalue weighted by Crippen LogP contribution is -2.35. The molecule has 2 rings (SSSR count). The van der Waals surface area contributed by atoms with Crippen molar-refractivity contribution in [2.24, 2.45) is 0 Å². The Bertz CT molecular complexity index is 553. The third-order valence-corrected chi connectivity index (χ3v) is 2.90. The molecule has 0 aliphatic rings. The van der Waals surface area contributed by atoms with Crippen molar-refractivity contribution in [1.29, 1.82) is 0 Å². The van der Waals surface area contributed by atoms with E-state index >= 15 is 0 Å². The number of aliphatic hydroxyl groups is 1. The number of carbonyl (C=O) groups is 1. The highest BCUT2D eigenvalue weighted by atomic mass is 16.3. The van der Waals surface area contributed by atoms with E-state index in [1.54, 1.807) is 24.5 Å². The SMILES string of the molecule is CCCC(O)CNC(=O)Nc1ccc(-n2nccn2)cc1. The van der Waals surface area contributed by atoms with Crippen molar-refractivity contribution in [3.05, 3.63) is 36.7 Å². The normalized spacial score (nSPS) is 11.9. The molecule has 112 valence electrons. The second kappa shape index (κ2) is 7.39. The largest absolute Gasteiger partial charge is 0.391 e. The molecule has 7 nitrogen and oxygen atoms in total. The molecule has 0 fully saturated rings. The molecule has 0 radical (unpaired) electrons. The molecule has 0 saturated carbocycles. The lowest BCUT2D eigenvalue weighted by Gasteiger charge is -2.11. The van der Waals surface area contributed by atoms with Crippen LogP contribution in [0.4, 0.5) is 10.5 Å². The minimum Gasteiger partial charge on any atom is -0.391 e. The van der Waals surface area contributed by atoms with E-state index in [2.05, 4.69) is 20.8 Å². The highest BCUT2D eigenvalue weighted by Gasteiger charge is 2.06. The van der Waals surface area contributed by atoms with Gasteiger partial charge in [0, 0.05) is 12.2 Å². The first-order valence-electron chi connectivity index (χ1n) is 6.88. The van der Waals surface area contributed by atoms with E-state index < -0.39 is 6.10 Å². The summed E-state index contributed by atoms with van der Waals surface area (Å²) < 4.78 is 0. The summed E-state index contributed by atoms with van der Waals surface area (Å²) in [7, 11) is 0. The van der Waals surface area contributed by atoms with Gasteiger partial charge in [-0.15, -0.1) is 0 Å². The van der Waals surface area contributed by atoms with E-state index in [1.165, 1.54) is 4.80 Å². The maximum absolute atomic E-state index is 11.7. The fourth-order valence-corrected chi connectivity index (χ4v) is 1.85. The van der Waals surface area contributed by atoms with Crippen LogP contribution < -0.4 is 10.6 Å². The fourth-order valence-electron chi connectivity index (χ4n) is 1.85. The number of nitrogens with one attached hydrogen (secondary N) is 2. The number of benzene rings is 1. The van der Waals surface area contributed by atoms with Gasteiger partial charge in [-0.1, -0.05) is 13.3 Å². The van der Waals surface area contributed by atoms with Gasteiger partial charge in [0.25, 0.3) is 0 Å². The molecule has 1 aromatic heterocycles. The molecule has 0 saturated heterocycles. The number of anilines is 1. The van der Waals surface area contributed by atoms with Crippen LogP contribution in [0.2, 0.25) is 0 Å². The zero-order chi connectivity index (χ0) is 15.1. The summed E-state index contributed by atoms with van der Waals surface area (Å²) >= 11 is 0. The first kappa shape index (κ1) is 15.0. The highest BCUT2D eigenvalue weighted by molar-refractivity contribution is 5.89. The Morgan fingerprint density at radius 2 is 1.95 bits per heavy atom. The Hall–Kier alpha value is -2.41. The van der Waals surface area contributed by atoms with E-state index in [0.29, 0.717) is 12.1 Å². The van der Waals surface area contributed by atoms with E-state index in [-0.39, 0.29) is 12.6 Å². The molecule has 1 unspecified atom stereocenters. The summed E-state index contributed by atoms with van der Waals surface area (Å²) in [6, 6.07) is 6.81. The number of rotatable bonds is 6. The topological polar surface area (TPSA) is 92.1 Å². The van der Waals surface area contributed by atoms with Gasteiger partial charge in [-0.25, -0.2) is 4.79 Å². The van der Waals surface area contributed by atoms with Crippen LogP contribution in [0.25, 0.3) is 5.69 Å². The molecule has 1 atom stereocenters. The van der Waals surface area contributed by atoms with Gasteiger partial charge in [-0.05, 0) is 30.7 Å². The summed E-state index contributed by atoms with van der Waals surface area (Å²) in [4.78, 5) is 13.2. The zero-order valence-electron chi connectivity index (χ0n) is 11.9. The van der Waals surface area contributed by atoms with E-state index in [1.807, 2.05) is 19.1 Å². The van der Waals surface area contributed by atoms with Crippen LogP contribution in [0.1, 0.15) is 19.8 Å². The molecular weight excluding hydrogens is 270 g/mol. The summed E-state index contributed by atoms with van der Waals surface area (Å²) in [6.07, 6.45) is 4.25. The molecule has 0 bridgehead atoms. The van der Waals surface area contributed by atoms with Crippen molar-refractivity contribution in [2.45, 2.75) is 25.9 Å². The van der Waals surface area contributed by atoms with Gasteiger partial charge >= 0.3 is 6.03 Å². The molecule has 0 aliphatic heterocycles. The van der Waals surface area contributed by atoms with Gasteiger partial charge in [0.1, 0.15) is 0 Å². The van der Waals surface area contributed by atoms with Crippen LogP contribution in [-0.4, -0.2) is 38.8 Å². The molecular formula is C14H19N5O2. The summed E-state index contributed by atoms with van der Waals surface area (Å²) in [5.74, 6) is 0. The highest BCUT2D eigenvalue weighted by Crippen LogP contribution is 2.11. The lowest BCUT2D eigenvalue weighted by molar-refractivity contribution is 0.162. The van der Waals surface area contributed by atoms with Gasteiger partial charge in [0.15, 0.2) is 0 Å². The van der Waals surface area contributed by atoms with Gasteiger partial charge in [0.2, 0.25) is 0 Å². The smallest absolute Gasteiger partial charge is 0.319 e. The van der Waals surface area contributed by atoms with Crippen molar-refractivity contribution < 1.29 is 9.90 Å². The van der Waals surface area contributed by atoms with Crippen molar-refractivity contribution in [3.63, 3.8) is 0 Å². The molecule has 2 aromatic rings. The number of aliphatic hydroxyl groups excluding tert-OH is 1. The van der Waals surface area contributed by atoms with Gasteiger partial charge in [0.05, 0.1) is 24.2 Å². The number of aromatic nitrogens is 3. The summed E-state index contributed by atoms with van der Waals surface area (Å²) in [6.45, 7) is 2.23.